The number of benzene rings is 1. The number of ketones is 1. The number of Topliss-reactive ketones (excluding diaryl/α,β-unsaturated/α-hetero) is 1. The molecule has 0 heterocycles. The highest BCUT2D eigenvalue weighted by Crippen LogP contribution is 2.32. The Morgan fingerprint density at radius 1 is 1.33 bits per heavy atom. The maximum atomic E-state index is 12.1. The van der Waals surface area contributed by atoms with Gasteiger partial charge in [-0.05, 0) is 36.8 Å². The second-order valence-electron chi connectivity index (χ2n) is 6.12. The number of aliphatic hydroxyl groups excluding tert-OH is 1. The molecule has 0 amide bonds. The van der Waals surface area contributed by atoms with E-state index in [1.165, 1.54) is 0 Å². The van der Waals surface area contributed by atoms with E-state index in [0.717, 1.165) is 17.7 Å². The van der Waals surface area contributed by atoms with E-state index < -0.39 is 5.97 Å². The third-order valence-electron chi connectivity index (χ3n) is 4.51. The Morgan fingerprint density at radius 3 is 2.88 bits per heavy atom. The van der Waals surface area contributed by atoms with Gasteiger partial charge in [-0.15, -0.1) is 0 Å². The number of carbonyl (C=O) groups excluding carboxylic acids is 1. The minimum Gasteiger partial charge on any atom is -0.480 e. The summed E-state index contributed by atoms with van der Waals surface area (Å²) in [5, 5.41) is 21.0. The fourth-order valence-electron chi connectivity index (χ4n) is 3.25. The molecule has 0 radical (unpaired) electrons. The predicted molar refractivity (Wildman–Crippen MR) is 90.0 cm³/mol. The predicted octanol–water partition coefficient (Wildman–Crippen LogP) is 1.72. The van der Waals surface area contributed by atoms with E-state index in [0.29, 0.717) is 32.4 Å². The zero-order valence-corrected chi connectivity index (χ0v) is 13.7. The molecule has 0 aliphatic heterocycles. The van der Waals surface area contributed by atoms with Crippen LogP contribution in [0, 0.1) is 11.8 Å². The zero-order valence-electron chi connectivity index (χ0n) is 13.7. The molecule has 1 saturated carbocycles. The molecule has 0 unspecified atom stereocenters. The average molecular weight is 335 g/mol. The summed E-state index contributed by atoms with van der Waals surface area (Å²) in [6.45, 7) is 0.718. The first kappa shape index (κ1) is 18.4. The van der Waals surface area contributed by atoms with Gasteiger partial charge in [0.15, 0.2) is 0 Å². The number of carboxylic acid groups (broad SMARTS) is 1. The third kappa shape index (κ3) is 5.32. The molecular formula is C18H25NO5. The van der Waals surface area contributed by atoms with Crippen LogP contribution in [-0.2, 0) is 20.7 Å². The van der Waals surface area contributed by atoms with E-state index in [9.17, 15) is 9.59 Å². The van der Waals surface area contributed by atoms with Crippen molar-refractivity contribution in [3.63, 3.8) is 0 Å². The molecule has 6 heteroatoms. The second-order valence-corrected chi connectivity index (χ2v) is 6.12. The molecule has 24 heavy (non-hydrogen) atoms. The highest BCUT2D eigenvalue weighted by atomic mass is 16.5. The van der Waals surface area contributed by atoms with Gasteiger partial charge in [0.1, 0.15) is 12.4 Å². The monoisotopic (exact) mass is 335 g/mol. The number of carboxylic acids is 1. The number of hydrogen-bond acceptors (Lipinski definition) is 5. The van der Waals surface area contributed by atoms with Crippen molar-refractivity contribution in [3.05, 3.63) is 29.8 Å². The highest BCUT2D eigenvalue weighted by molar-refractivity contribution is 5.84. The molecule has 0 spiro atoms. The van der Waals surface area contributed by atoms with Crippen LogP contribution in [-0.4, -0.2) is 48.3 Å². The molecule has 1 aromatic rings. The van der Waals surface area contributed by atoms with Crippen LogP contribution in [0.2, 0.25) is 0 Å². The van der Waals surface area contributed by atoms with Crippen molar-refractivity contribution in [2.24, 2.45) is 11.8 Å². The summed E-state index contributed by atoms with van der Waals surface area (Å²) < 4.78 is 5.10. The summed E-state index contributed by atoms with van der Waals surface area (Å²) in [7, 11) is 0. The van der Waals surface area contributed by atoms with E-state index in [1.807, 2.05) is 24.3 Å². The van der Waals surface area contributed by atoms with E-state index in [1.54, 1.807) is 0 Å². The van der Waals surface area contributed by atoms with E-state index >= 15 is 0 Å². The molecule has 3 N–H and O–H groups in total. The van der Waals surface area contributed by atoms with Crippen LogP contribution in [0.1, 0.15) is 24.8 Å². The SMILES string of the molecule is O=C(O)COCC[C@H]1CCC(=O)[C@@H]1CNc1ccccc1CCO. The van der Waals surface area contributed by atoms with Crippen LogP contribution < -0.4 is 5.32 Å². The fourth-order valence-corrected chi connectivity index (χ4v) is 3.25. The third-order valence-corrected chi connectivity index (χ3v) is 4.51. The Balaban J connectivity index is 1.87. The molecule has 132 valence electrons. The van der Waals surface area contributed by atoms with Gasteiger partial charge < -0.3 is 20.3 Å². The number of ether oxygens (including phenoxy) is 1. The molecule has 1 fully saturated rings. The standard InChI is InChI=1S/C18H25NO5/c20-9-7-14-3-1-2-4-16(14)19-11-15-13(5-6-17(15)21)8-10-24-12-18(22)23/h1-4,13,15,19-20H,5-12H2,(H,22,23)/t13-,15-/m1/s1. The number of aliphatic carboxylic acids is 1. The van der Waals surface area contributed by atoms with Gasteiger partial charge >= 0.3 is 5.97 Å². The van der Waals surface area contributed by atoms with Gasteiger partial charge in [0.05, 0.1) is 0 Å². The van der Waals surface area contributed by atoms with Gasteiger partial charge in [0.25, 0.3) is 0 Å². The summed E-state index contributed by atoms with van der Waals surface area (Å²) in [6.07, 6.45) is 2.69. The lowest BCUT2D eigenvalue weighted by Gasteiger charge is -2.20. The number of aliphatic hydroxyl groups is 1. The van der Waals surface area contributed by atoms with Crippen LogP contribution in [0.15, 0.2) is 24.3 Å². The molecule has 0 bridgehead atoms. The fraction of sp³-hybridized carbons (Fsp3) is 0.556. The van der Waals surface area contributed by atoms with Gasteiger partial charge in [-0.25, -0.2) is 4.79 Å². The van der Waals surface area contributed by atoms with E-state index in [-0.39, 0.29) is 30.8 Å². The first-order valence-electron chi connectivity index (χ1n) is 8.36. The van der Waals surface area contributed by atoms with Crippen LogP contribution in [0.5, 0.6) is 0 Å². The zero-order chi connectivity index (χ0) is 17.4. The quantitative estimate of drug-likeness (QED) is 0.564. The molecule has 2 atom stereocenters. The number of rotatable bonds is 10. The normalized spacial score (nSPS) is 20.3. The summed E-state index contributed by atoms with van der Waals surface area (Å²) in [5.41, 5.74) is 1.99. The summed E-state index contributed by atoms with van der Waals surface area (Å²) in [4.78, 5) is 22.6. The van der Waals surface area contributed by atoms with Crippen molar-refractivity contribution in [1.82, 2.24) is 0 Å². The Morgan fingerprint density at radius 2 is 2.12 bits per heavy atom. The Hall–Kier alpha value is -1.92. The van der Waals surface area contributed by atoms with Gasteiger partial charge in [-0.3, -0.25) is 4.79 Å². The van der Waals surface area contributed by atoms with Gasteiger partial charge in [0, 0.05) is 37.8 Å². The summed E-state index contributed by atoms with van der Waals surface area (Å²) in [5.74, 6) is -0.564. The van der Waals surface area contributed by atoms with Crippen molar-refractivity contribution in [2.45, 2.75) is 25.7 Å². The van der Waals surface area contributed by atoms with Crippen molar-refractivity contribution >= 4 is 17.4 Å². The Labute approximate surface area is 141 Å². The summed E-state index contributed by atoms with van der Waals surface area (Å²) in [6, 6.07) is 7.78. The maximum Gasteiger partial charge on any atom is 0.329 e. The van der Waals surface area contributed by atoms with E-state index in [2.05, 4.69) is 5.32 Å². The number of hydrogen-bond donors (Lipinski definition) is 3. The van der Waals surface area contributed by atoms with Crippen molar-refractivity contribution in [2.75, 3.05) is 31.7 Å². The number of nitrogens with one attached hydrogen (secondary N) is 1. The van der Waals surface area contributed by atoms with Gasteiger partial charge in [-0.2, -0.15) is 0 Å². The number of para-hydroxylation sites is 1. The first-order chi connectivity index (χ1) is 11.6. The lowest BCUT2D eigenvalue weighted by Crippen LogP contribution is -2.25. The molecule has 1 aliphatic carbocycles. The van der Waals surface area contributed by atoms with Gasteiger partial charge in [0.2, 0.25) is 0 Å². The number of carbonyl (C=O) groups is 2. The Bertz CT molecular complexity index is 560. The minimum atomic E-state index is -0.976. The molecule has 2 rings (SSSR count). The molecule has 0 aromatic heterocycles. The van der Waals surface area contributed by atoms with Crippen molar-refractivity contribution in [1.29, 1.82) is 0 Å². The average Bonchev–Trinajstić information content (AvgIpc) is 2.91. The summed E-state index contributed by atoms with van der Waals surface area (Å²) >= 11 is 0. The van der Waals surface area contributed by atoms with Crippen LogP contribution >= 0.6 is 0 Å². The molecule has 6 nitrogen and oxygen atoms in total. The second kappa shape index (κ2) is 9.39. The molecule has 0 saturated heterocycles. The minimum absolute atomic E-state index is 0.0689. The number of anilines is 1. The highest BCUT2D eigenvalue weighted by Gasteiger charge is 2.34. The first-order valence-corrected chi connectivity index (χ1v) is 8.36. The molecular weight excluding hydrogens is 310 g/mol. The largest absolute Gasteiger partial charge is 0.480 e. The lowest BCUT2D eigenvalue weighted by atomic mass is 9.92. The maximum absolute atomic E-state index is 12.1. The van der Waals surface area contributed by atoms with Crippen LogP contribution in [0.4, 0.5) is 5.69 Å². The van der Waals surface area contributed by atoms with Crippen LogP contribution in [0.3, 0.4) is 0 Å². The smallest absolute Gasteiger partial charge is 0.329 e. The van der Waals surface area contributed by atoms with Gasteiger partial charge in [-0.1, -0.05) is 18.2 Å². The van der Waals surface area contributed by atoms with Crippen molar-refractivity contribution < 1.29 is 24.5 Å². The topological polar surface area (TPSA) is 95.9 Å². The van der Waals surface area contributed by atoms with Crippen LogP contribution in [0.25, 0.3) is 0 Å². The molecule has 1 aromatic carbocycles. The van der Waals surface area contributed by atoms with Crippen molar-refractivity contribution in [3.8, 4) is 0 Å². The lowest BCUT2D eigenvalue weighted by molar-refractivity contribution is -0.142. The van der Waals surface area contributed by atoms with E-state index in [4.69, 9.17) is 14.9 Å². The Kier molecular flexibility index (Phi) is 7.21. The molecule has 1 aliphatic rings.